The van der Waals surface area contributed by atoms with Crippen LogP contribution >= 0.6 is 22.7 Å². The van der Waals surface area contributed by atoms with Gasteiger partial charge in [0.2, 0.25) is 5.13 Å². The fourth-order valence-electron chi connectivity index (χ4n) is 3.62. The van der Waals surface area contributed by atoms with Gasteiger partial charge in [-0.25, -0.2) is 9.78 Å². The minimum absolute atomic E-state index is 0.344. The van der Waals surface area contributed by atoms with Gasteiger partial charge in [-0.05, 0) is 55.3 Å². The lowest BCUT2D eigenvalue weighted by Crippen LogP contribution is -2.01. The van der Waals surface area contributed by atoms with Crippen LogP contribution in [0.15, 0.2) is 93.8 Å². The molecule has 0 spiro atoms. The third-order valence-corrected chi connectivity index (χ3v) is 7.57. The number of carbonyl (C=O) groups is 1. The monoisotopic (exact) mass is 561 g/mol. The van der Waals surface area contributed by atoms with Crippen molar-refractivity contribution in [3.8, 4) is 5.75 Å². The SMILES string of the molecule is C=CC(=O)OCCCCCCCCCOc1ccc(/N=N/c2cc3sc(/N=N/c4ccccc4)nc3s2)cc1. The van der Waals surface area contributed by atoms with Crippen molar-refractivity contribution in [2.24, 2.45) is 20.5 Å². The fraction of sp³-hybridized carbons (Fsp3) is 0.310. The summed E-state index contributed by atoms with van der Waals surface area (Å²) in [6.07, 6.45) is 8.88. The van der Waals surface area contributed by atoms with Crippen LogP contribution in [-0.4, -0.2) is 24.2 Å². The van der Waals surface area contributed by atoms with Crippen molar-refractivity contribution in [3.05, 3.63) is 73.3 Å². The summed E-state index contributed by atoms with van der Waals surface area (Å²) in [5, 5.41) is 18.6. The number of hydrogen-bond donors (Lipinski definition) is 0. The van der Waals surface area contributed by atoms with E-state index in [1.54, 1.807) is 0 Å². The van der Waals surface area contributed by atoms with E-state index >= 15 is 0 Å². The highest BCUT2D eigenvalue weighted by Gasteiger charge is 2.08. The number of fused-ring (bicyclic) bond motifs is 1. The lowest BCUT2D eigenvalue weighted by atomic mass is 10.1. The number of azo groups is 2. The topological polar surface area (TPSA) is 97.9 Å². The van der Waals surface area contributed by atoms with E-state index in [0.717, 1.165) is 63.8 Å². The Morgan fingerprint density at radius 3 is 2.18 bits per heavy atom. The molecule has 2 heterocycles. The lowest BCUT2D eigenvalue weighted by molar-refractivity contribution is -0.137. The van der Waals surface area contributed by atoms with Gasteiger partial charge in [0.1, 0.15) is 15.6 Å². The number of carbonyl (C=O) groups excluding carboxylic acids is 1. The van der Waals surface area contributed by atoms with E-state index in [1.807, 2.05) is 60.7 Å². The Balaban J connectivity index is 1.11. The summed E-state index contributed by atoms with van der Waals surface area (Å²) in [6.45, 7) is 4.56. The standard InChI is InChI=1S/C29H31N5O3S2/c1-2-27(35)37-20-12-7-5-3-4-6-11-19-36-24-17-15-23(16-18-24)31-33-26-21-25-28(39-26)30-29(38-25)34-32-22-13-9-8-10-14-22/h2,8-10,13-18,21H,1,3-7,11-12,19-20H2/b33-31+,34-32+. The largest absolute Gasteiger partial charge is 0.494 e. The molecule has 2 aromatic heterocycles. The first-order valence-electron chi connectivity index (χ1n) is 13.0. The van der Waals surface area contributed by atoms with Crippen molar-refractivity contribution >= 4 is 59.7 Å². The van der Waals surface area contributed by atoms with Crippen molar-refractivity contribution in [2.45, 2.75) is 44.9 Å². The summed E-state index contributed by atoms with van der Waals surface area (Å²) >= 11 is 2.96. The molecule has 0 unspecified atom stereocenters. The molecule has 0 aliphatic rings. The summed E-state index contributed by atoms with van der Waals surface area (Å²) in [7, 11) is 0. The van der Waals surface area contributed by atoms with Gasteiger partial charge in [0.15, 0.2) is 0 Å². The molecule has 202 valence electrons. The Morgan fingerprint density at radius 1 is 0.795 bits per heavy atom. The van der Waals surface area contributed by atoms with Crippen LogP contribution in [0.25, 0.3) is 9.53 Å². The molecule has 0 N–H and O–H groups in total. The highest BCUT2D eigenvalue weighted by molar-refractivity contribution is 7.30. The maximum atomic E-state index is 11.0. The molecule has 0 atom stereocenters. The number of hydrogen-bond acceptors (Lipinski definition) is 10. The molecule has 0 bridgehead atoms. The summed E-state index contributed by atoms with van der Waals surface area (Å²) in [5.74, 6) is 0.490. The van der Waals surface area contributed by atoms with Crippen molar-refractivity contribution in [1.29, 1.82) is 0 Å². The molecule has 8 nitrogen and oxygen atoms in total. The molecule has 2 aromatic carbocycles. The van der Waals surface area contributed by atoms with Gasteiger partial charge in [-0.2, -0.15) is 0 Å². The van der Waals surface area contributed by atoms with Crippen molar-refractivity contribution in [1.82, 2.24) is 4.98 Å². The summed E-state index contributed by atoms with van der Waals surface area (Å²) in [4.78, 5) is 16.4. The van der Waals surface area contributed by atoms with Crippen molar-refractivity contribution in [3.63, 3.8) is 0 Å². The maximum absolute atomic E-state index is 11.0. The second-order valence-electron chi connectivity index (χ2n) is 8.67. The first kappa shape index (κ1) is 28.3. The van der Waals surface area contributed by atoms with Gasteiger partial charge >= 0.3 is 5.97 Å². The van der Waals surface area contributed by atoms with Gasteiger partial charge in [0, 0.05) is 6.08 Å². The molecule has 4 rings (SSSR count). The van der Waals surface area contributed by atoms with Gasteiger partial charge in [0.25, 0.3) is 0 Å². The highest BCUT2D eigenvalue weighted by Crippen LogP contribution is 2.39. The third-order valence-electron chi connectivity index (χ3n) is 5.64. The van der Waals surface area contributed by atoms with Crippen molar-refractivity contribution < 1.29 is 14.3 Å². The minimum Gasteiger partial charge on any atom is -0.494 e. The smallest absolute Gasteiger partial charge is 0.330 e. The number of unbranched alkanes of at least 4 members (excludes halogenated alkanes) is 6. The highest BCUT2D eigenvalue weighted by atomic mass is 32.1. The molecule has 0 aliphatic carbocycles. The van der Waals surface area contributed by atoms with Gasteiger partial charge in [0.05, 0.1) is 29.3 Å². The Bertz CT molecular complexity index is 1350. The third kappa shape index (κ3) is 9.81. The molecule has 0 saturated carbocycles. The second-order valence-corrected chi connectivity index (χ2v) is 10.7. The maximum Gasteiger partial charge on any atom is 0.330 e. The van der Waals surface area contributed by atoms with Gasteiger partial charge < -0.3 is 9.47 Å². The fourth-order valence-corrected chi connectivity index (χ4v) is 5.47. The van der Waals surface area contributed by atoms with E-state index in [0.29, 0.717) is 18.3 Å². The normalized spacial score (nSPS) is 11.5. The Labute approximate surface area is 236 Å². The zero-order valence-electron chi connectivity index (χ0n) is 21.7. The van der Waals surface area contributed by atoms with Crippen LogP contribution in [0, 0.1) is 0 Å². The number of aromatic nitrogens is 1. The zero-order valence-corrected chi connectivity index (χ0v) is 23.3. The number of esters is 1. The van der Waals surface area contributed by atoms with Gasteiger partial charge in [-0.3, -0.25) is 0 Å². The Morgan fingerprint density at radius 2 is 1.46 bits per heavy atom. The number of ether oxygens (including phenoxy) is 2. The predicted octanol–water partition coefficient (Wildman–Crippen LogP) is 10.0. The van der Waals surface area contributed by atoms with Gasteiger partial charge in [-0.15, -0.1) is 20.5 Å². The van der Waals surface area contributed by atoms with E-state index in [-0.39, 0.29) is 5.97 Å². The predicted molar refractivity (Wildman–Crippen MR) is 158 cm³/mol. The van der Waals surface area contributed by atoms with Crippen LogP contribution in [-0.2, 0) is 9.53 Å². The molecule has 39 heavy (non-hydrogen) atoms. The van der Waals surface area contributed by atoms with Crippen LogP contribution < -0.4 is 4.74 Å². The molecule has 4 aromatic rings. The molecular weight excluding hydrogens is 530 g/mol. The van der Waals surface area contributed by atoms with Crippen LogP contribution in [0.3, 0.4) is 0 Å². The number of thiazole rings is 1. The first-order chi connectivity index (χ1) is 19.2. The van der Waals surface area contributed by atoms with E-state index in [1.165, 1.54) is 41.6 Å². The number of nitrogens with zero attached hydrogens (tertiary/aromatic N) is 5. The van der Waals surface area contributed by atoms with Crippen LogP contribution in [0.1, 0.15) is 44.9 Å². The van der Waals surface area contributed by atoms with Crippen LogP contribution in [0.2, 0.25) is 0 Å². The lowest BCUT2D eigenvalue weighted by Gasteiger charge is -2.06. The van der Waals surface area contributed by atoms with E-state index in [2.05, 4.69) is 32.0 Å². The van der Waals surface area contributed by atoms with E-state index in [4.69, 9.17) is 9.47 Å². The summed E-state index contributed by atoms with van der Waals surface area (Å²) in [5.41, 5.74) is 1.57. The Kier molecular flexibility index (Phi) is 11.3. The summed E-state index contributed by atoms with van der Waals surface area (Å²) < 4.78 is 11.8. The Hall–Kier alpha value is -3.76. The van der Waals surface area contributed by atoms with Gasteiger partial charge in [-0.1, -0.05) is 79.6 Å². The minimum atomic E-state index is -0.344. The molecule has 0 radical (unpaired) electrons. The average molecular weight is 562 g/mol. The zero-order chi connectivity index (χ0) is 27.1. The summed E-state index contributed by atoms with van der Waals surface area (Å²) in [6, 6.07) is 19.2. The molecule has 0 aliphatic heterocycles. The quantitative estimate of drug-likeness (QED) is 0.0588. The average Bonchev–Trinajstić information content (AvgIpc) is 3.53. The van der Waals surface area contributed by atoms with E-state index in [9.17, 15) is 4.79 Å². The number of thiophene rings is 1. The number of rotatable bonds is 16. The van der Waals surface area contributed by atoms with E-state index < -0.39 is 0 Å². The number of benzene rings is 2. The molecule has 0 fully saturated rings. The van der Waals surface area contributed by atoms with Crippen molar-refractivity contribution in [2.75, 3.05) is 13.2 Å². The second kappa shape index (κ2) is 15.6. The molecule has 0 saturated heterocycles. The van der Waals surface area contributed by atoms with Crippen LogP contribution in [0.4, 0.5) is 21.5 Å². The molecular formula is C29H31N5O3S2. The first-order valence-corrected chi connectivity index (χ1v) is 14.6. The molecule has 0 amide bonds. The van der Waals surface area contributed by atoms with Crippen LogP contribution in [0.5, 0.6) is 5.75 Å². The molecule has 10 heteroatoms.